The van der Waals surface area contributed by atoms with Crippen molar-refractivity contribution < 1.29 is 19.7 Å². The van der Waals surface area contributed by atoms with Crippen molar-refractivity contribution in [3.05, 3.63) is 12.2 Å². The Hall–Kier alpha value is -2.81. The first-order valence-corrected chi connectivity index (χ1v) is 7.57. The summed E-state index contributed by atoms with van der Waals surface area (Å²) in [5.41, 5.74) is -0.869. The molecule has 1 unspecified atom stereocenters. The van der Waals surface area contributed by atoms with Gasteiger partial charge in [-0.05, 0) is 0 Å². The highest BCUT2D eigenvalue weighted by Crippen LogP contribution is 2.59. The van der Waals surface area contributed by atoms with Crippen LogP contribution in [0.5, 0.6) is 0 Å². The molecular weight excluding hydrogens is 330 g/mol. The molecule has 4 N–H and O–H groups in total. The first-order valence-electron chi connectivity index (χ1n) is 7.57. The number of ether oxygens (including phenoxy) is 1. The quantitative estimate of drug-likeness (QED) is 0.489. The predicted molar refractivity (Wildman–Crippen MR) is 82.3 cm³/mol. The molecule has 1 saturated carbocycles. The molecule has 5 atom stereocenters. The standard InChI is InChI=1S/C14H15N7O4/c1-16-11-6-12(20-5(3-15)19-11)21(4-18-6)8-10-14(8,24)9(22)7(25-10)13(23)17-2/h4,7-10,22,24H,1-2H3,(H,17,23)(H,16,19,20)/t7-,8?,9+,10-,14+/m0/s1. The van der Waals surface area contributed by atoms with E-state index in [0.29, 0.717) is 17.0 Å². The maximum absolute atomic E-state index is 11.7. The summed E-state index contributed by atoms with van der Waals surface area (Å²) in [6.45, 7) is 0. The number of aliphatic hydroxyl groups is 2. The lowest BCUT2D eigenvalue weighted by atomic mass is 10.1. The molecule has 1 aliphatic heterocycles. The lowest BCUT2D eigenvalue weighted by Crippen LogP contribution is -2.46. The van der Waals surface area contributed by atoms with Gasteiger partial charge in [0.25, 0.3) is 5.91 Å². The molecule has 0 spiro atoms. The van der Waals surface area contributed by atoms with Crippen LogP contribution in [0.15, 0.2) is 6.33 Å². The second kappa shape index (κ2) is 5.09. The molecule has 3 heterocycles. The van der Waals surface area contributed by atoms with Crippen molar-refractivity contribution in [1.29, 1.82) is 5.26 Å². The maximum atomic E-state index is 11.7. The summed E-state index contributed by atoms with van der Waals surface area (Å²) in [5, 5.41) is 35.4. The van der Waals surface area contributed by atoms with E-state index in [-0.39, 0.29) is 5.82 Å². The van der Waals surface area contributed by atoms with Gasteiger partial charge in [-0.3, -0.25) is 4.79 Å². The molecule has 1 saturated heterocycles. The highest BCUT2D eigenvalue weighted by atomic mass is 16.6. The fourth-order valence-corrected chi connectivity index (χ4v) is 3.41. The van der Waals surface area contributed by atoms with E-state index in [4.69, 9.17) is 10.00 Å². The van der Waals surface area contributed by atoms with Gasteiger partial charge in [0.1, 0.15) is 23.9 Å². The average molecular weight is 345 g/mol. The van der Waals surface area contributed by atoms with Gasteiger partial charge in [0, 0.05) is 14.1 Å². The Bertz CT molecular complexity index is 922. The van der Waals surface area contributed by atoms with Crippen LogP contribution in [0.1, 0.15) is 11.9 Å². The number of fused-ring (bicyclic) bond motifs is 2. The highest BCUT2D eigenvalue weighted by Gasteiger charge is 2.78. The molecular formula is C14H15N7O4. The Balaban J connectivity index is 1.74. The van der Waals surface area contributed by atoms with Crippen LogP contribution in [0.2, 0.25) is 0 Å². The summed E-state index contributed by atoms with van der Waals surface area (Å²) in [6.07, 6.45) is -1.86. The van der Waals surface area contributed by atoms with Gasteiger partial charge in [0.15, 0.2) is 23.1 Å². The van der Waals surface area contributed by atoms with Gasteiger partial charge in [-0.15, -0.1) is 0 Å². The zero-order valence-electron chi connectivity index (χ0n) is 13.3. The molecule has 0 bridgehead atoms. The molecule has 130 valence electrons. The number of nitrogens with zero attached hydrogens (tertiary/aromatic N) is 5. The van der Waals surface area contributed by atoms with Gasteiger partial charge in [0.05, 0.1) is 12.4 Å². The van der Waals surface area contributed by atoms with E-state index in [1.165, 1.54) is 17.9 Å². The fraction of sp³-hybridized carbons (Fsp3) is 0.500. The molecule has 11 heteroatoms. The van der Waals surface area contributed by atoms with E-state index >= 15 is 0 Å². The number of nitrogens with one attached hydrogen (secondary N) is 2. The molecule has 0 radical (unpaired) electrons. The molecule has 2 aliphatic rings. The van der Waals surface area contributed by atoms with Crippen molar-refractivity contribution >= 4 is 22.9 Å². The third kappa shape index (κ3) is 1.89. The summed E-state index contributed by atoms with van der Waals surface area (Å²) in [4.78, 5) is 24.1. The van der Waals surface area contributed by atoms with Gasteiger partial charge < -0.3 is 30.2 Å². The molecule has 2 aromatic heterocycles. The topological polar surface area (TPSA) is 158 Å². The van der Waals surface area contributed by atoms with Crippen LogP contribution in [-0.2, 0) is 9.53 Å². The number of rotatable bonds is 3. The van der Waals surface area contributed by atoms with Gasteiger partial charge in [-0.2, -0.15) is 15.2 Å². The van der Waals surface area contributed by atoms with Crippen LogP contribution in [-0.4, -0.2) is 73.6 Å². The predicted octanol–water partition coefficient (Wildman–Crippen LogP) is -2.10. The molecule has 4 rings (SSSR count). The highest BCUT2D eigenvalue weighted by molar-refractivity contribution is 5.84. The summed E-state index contributed by atoms with van der Waals surface area (Å²) in [7, 11) is 3.06. The third-order valence-electron chi connectivity index (χ3n) is 4.72. The number of amides is 1. The smallest absolute Gasteiger partial charge is 0.251 e. The van der Waals surface area contributed by atoms with Crippen molar-refractivity contribution in [2.75, 3.05) is 19.4 Å². The summed E-state index contributed by atoms with van der Waals surface area (Å²) >= 11 is 0. The van der Waals surface area contributed by atoms with Gasteiger partial charge in [-0.25, -0.2) is 4.98 Å². The first kappa shape index (κ1) is 15.7. The Kier molecular flexibility index (Phi) is 3.20. The number of aliphatic hydroxyl groups excluding tert-OH is 1. The second-order valence-electron chi connectivity index (χ2n) is 5.95. The van der Waals surface area contributed by atoms with Crippen molar-refractivity contribution in [2.24, 2.45) is 0 Å². The monoisotopic (exact) mass is 345 g/mol. The number of nitriles is 1. The minimum Gasteiger partial charge on any atom is -0.387 e. The maximum Gasteiger partial charge on any atom is 0.251 e. The fourth-order valence-electron chi connectivity index (χ4n) is 3.41. The number of carbonyl (C=O) groups is 1. The zero-order chi connectivity index (χ0) is 17.9. The van der Waals surface area contributed by atoms with Gasteiger partial charge >= 0.3 is 0 Å². The number of carbonyl (C=O) groups excluding carboxylic acids is 1. The number of aromatic nitrogens is 4. The van der Waals surface area contributed by atoms with Crippen LogP contribution >= 0.6 is 0 Å². The number of likely N-dealkylation sites (N-methyl/N-ethyl adjacent to an activating group) is 1. The zero-order valence-corrected chi connectivity index (χ0v) is 13.3. The van der Waals surface area contributed by atoms with Crippen LogP contribution in [0, 0.1) is 11.3 Å². The van der Waals surface area contributed by atoms with E-state index < -0.39 is 35.9 Å². The molecule has 2 aromatic rings. The second-order valence-corrected chi connectivity index (χ2v) is 5.95. The minimum atomic E-state index is -1.62. The largest absolute Gasteiger partial charge is 0.387 e. The third-order valence-corrected chi connectivity index (χ3v) is 4.72. The number of hydrogen-bond donors (Lipinski definition) is 4. The molecule has 2 fully saturated rings. The van der Waals surface area contributed by atoms with E-state index in [9.17, 15) is 15.0 Å². The molecule has 1 amide bonds. The SMILES string of the molecule is CNC(=O)[C@H]1O[C@H]2C(n3cnc4c(NC)nc(C#N)nc43)[C@@]2(O)[C@@H]1O. The van der Waals surface area contributed by atoms with E-state index in [1.54, 1.807) is 7.05 Å². The molecule has 25 heavy (non-hydrogen) atoms. The van der Waals surface area contributed by atoms with E-state index in [0.717, 1.165) is 0 Å². The van der Waals surface area contributed by atoms with Crippen LogP contribution in [0.4, 0.5) is 5.82 Å². The molecule has 11 nitrogen and oxygen atoms in total. The Morgan fingerprint density at radius 1 is 1.48 bits per heavy atom. The molecule has 0 aromatic carbocycles. The van der Waals surface area contributed by atoms with Gasteiger partial charge in [-0.1, -0.05) is 0 Å². The summed E-state index contributed by atoms with van der Waals surface area (Å²) < 4.78 is 7.05. The lowest BCUT2D eigenvalue weighted by Gasteiger charge is -2.21. The lowest BCUT2D eigenvalue weighted by molar-refractivity contribution is -0.138. The Morgan fingerprint density at radius 2 is 2.24 bits per heavy atom. The summed E-state index contributed by atoms with van der Waals surface area (Å²) in [5.74, 6) is -0.183. The van der Waals surface area contributed by atoms with Crippen molar-refractivity contribution in [3.63, 3.8) is 0 Å². The number of anilines is 1. The minimum absolute atomic E-state index is 0.0545. The van der Waals surface area contributed by atoms with Crippen molar-refractivity contribution in [3.8, 4) is 6.07 Å². The van der Waals surface area contributed by atoms with Crippen molar-refractivity contribution in [2.45, 2.75) is 30.0 Å². The van der Waals surface area contributed by atoms with Crippen molar-refractivity contribution in [1.82, 2.24) is 24.8 Å². The van der Waals surface area contributed by atoms with Gasteiger partial charge in [0.2, 0.25) is 5.82 Å². The Morgan fingerprint density at radius 3 is 2.80 bits per heavy atom. The first-order chi connectivity index (χ1) is 12.0. The number of imidazole rings is 1. The molecule has 1 aliphatic carbocycles. The number of hydrogen-bond acceptors (Lipinski definition) is 9. The van der Waals surface area contributed by atoms with Crippen LogP contribution < -0.4 is 10.6 Å². The summed E-state index contributed by atoms with van der Waals surface area (Å²) in [6, 6.07) is 1.20. The van der Waals surface area contributed by atoms with E-state index in [1.807, 2.05) is 6.07 Å². The van der Waals surface area contributed by atoms with Crippen LogP contribution in [0.3, 0.4) is 0 Å². The average Bonchev–Trinajstić information content (AvgIpc) is 2.92. The normalized spacial score (nSPS) is 32.9. The van der Waals surface area contributed by atoms with E-state index in [2.05, 4.69) is 25.6 Å². The van der Waals surface area contributed by atoms with Crippen LogP contribution in [0.25, 0.3) is 11.2 Å². The Labute approximate surface area is 141 Å².